The number of hydrogen-bond acceptors (Lipinski definition) is 3. The normalized spacial score (nSPS) is 12.3. The molecule has 0 aromatic heterocycles. The van der Waals surface area contributed by atoms with Crippen LogP contribution < -0.4 is 15.8 Å². The molecule has 0 bridgehead atoms. The SMILES string of the molecule is CC(C)CNC(=O)C(C)Oc1cc(F)cc(CN)c1. The molecule has 19 heavy (non-hydrogen) atoms. The van der Waals surface area contributed by atoms with Crippen molar-refractivity contribution in [1.29, 1.82) is 0 Å². The van der Waals surface area contributed by atoms with Gasteiger partial charge in [0.05, 0.1) is 0 Å². The number of nitrogens with one attached hydrogen (secondary N) is 1. The van der Waals surface area contributed by atoms with Crippen LogP contribution in [0.4, 0.5) is 4.39 Å². The zero-order valence-corrected chi connectivity index (χ0v) is 11.6. The van der Waals surface area contributed by atoms with Gasteiger partial charge in [0.25, 0.3) is 5.91 Å². The number of amides is 1. The maximum atomic E-state index is 13.3. The monoisotopic (exact) mass is 268 g/mol. The van der Waals surface area contributed by atoms with Gasteiger partial charge in [-0.1, -0.05) is 13.8 Å². The summed E-state index contributed by atoms with van der Waals surface area (Å²) < 4.78 is 18.7. The lowest BCUT2D eigenvalue weighted by molar-refractivity contribution is -0.127. The molecule has 0 spiro atoms. The molecular weight excluding hydrogens is 247 g/mol. The van der Waals surface area contributed by atoms with E-state index in [9.17, 15) is 9.18 Å². The molecule has 0 aliphatic carbocycles. The number of nitrogens with two attached hydrogens (primary N) is 1. The van der Waals surface area contributed by atoms with Gasteiger partial charge in [-0.2, -0.15) is 0 Å². The van der Waals surface area contributed by atoms with Crippen molar-refractivity contribution in [2.75, 3.05) is 6.54 Å². The van der Waals surface area contributed by atoms with E-state index >= 15 is 0 Å². The molecule has 0 heterocycles. The fourth-order valence-electron chi connectivity index (χ4n) is 1.51. The second kappa shape index (κ2) is 7.09. The van der Waals surface area contributed by atoms with Crippen molar-refractivity contribution in [3.63, 3.8) is 0 Å². The number of benzene rings is 1. The largest absolute Gasteiger partial charge is 0.481 e. The van der Waals surface area contributed by atoms with Gasteiger partial charge in [0.15, 0.2) is 6.10 Å². The van der Waals surface area contributed by atoms with Gasteiger partial charge in [-0.3, -0.25) is 4.79 Å². The molecule has 0 aliphatic rings. The van der Waals surface area contributed by atoms with Crippen molar-refractivity contribution >= 4 is 5.91 Å². The highest BCUT2D eigenvalue weighted by molar-refractivity contribution is 5.80. The Bertz CT molecular complexity index is 435. The van der Waals surface area contributed by atoms with Crippen molar-refractivity contribution in [2.45, 2.75) is 33.4 Å². The Kier molecular flexibility index (Phi) is 5.76. The van der Waals surface area contributed by atoms with Crippen LogP contribution >= 0.6 is 0 Å². The quantitative estimate of drug-likeness (QED) is 0.827. The van der Waals surface area contributed by atoms with Crippen molar-refractivity contribution in [3.8, 4) is 5.75 Å². The van der Waals surface area contributed by atoms with E-state index in [2.05, 4.69) is 5.32 Å². The minimum absolute atomic E-state index is 0.216. The van der Waals surface area contributed by atoms with Crippen molar-refractivity contribution in [2.24, 2.45) is 11.7 Å². The molecule has 1 atom stereocenters. The standard InChI is InChI=1S/C14H21FN2O2/c1-9(2)8-17-14(18)10(3)19-13-5-11(7-16)4-12(15)6-13/h4-6,9-10H,7-8,16H2,1-3H3,(H,17,18). The van der Waals surface area contributed by atoms with E-state index < -0.39 is 11.9 Å². The number of carbonyl (C=O) groups is 1. The topological polar surface area (TPSA) is 64.3 Å². The minimum atomic E-state index is -0.675. The van der Waals surface area contributed by atoms with Gasteiger partial charge in [0, 0.05) is 19.2 Å². The molecule has 1 aromatic carbocycles. The maximum Gasteiger partial charge on any atom is 0.260 e. The van der Waals surface area contributed by atoms with E-state index in [0.29, 0.717) is 23.8 Å². The van der Waals surface area contributed by atoms with Crippen LogP contribution in [0.5, 0.6) is 5.75 Å². The van der Waals surface area contributed by atoms with Crippen LogP contribution in [-0.4, -0.2) is 18.6 Å². The third-order valence-electron chi connectivity index (χ3n) is 2.53. The number of hydrogen-bond donors (Lipinski definition) is 2. The first kappa shape index (κ1) is 15.4. The molecule has 0 radical (unpaired) electrons. The molecule has 5 heteroatoms. The van der Waals surface area contributed by atoms with Crippen LogP contribution in [0.1, 0.15) is 26.3 Å². The molecular formula is C14H21FN2O2. The Morgan fingerprint density at radius 1 is 1.37 bits per heavy atom. The Balaban J connectivity index is 2.63. The Morgan fingerprint density at radius 3 is 2.63 bits per heavy atom. The van der Waals surface area contributed by atoms with Crippen LogP contribution in [-0.2, 0) is 11.3 Å². The summed E-state index contributed by atoms with van der Waals surface area (Å²) in [6, 6.07) is 4.22. The Morgan fingerprint density at radius 2 is 2.05 bits per heavy atom. The number of halogens is 1. The molecule has 0 aliphatic heterocycles. The van der Waals surface area contributed by atoms with E-state index in [4.69, 9.17) is 10.5 Å². The highest BCUT2D eigenvalue weighted by Crippen LogP contribution is 2.17. The Labute approximate surface area is 113 Å². The van der Waals surface area contributed by atoms with Gasteiger partial charge in [-0.25, -0.2) is 4.39 Å². The maximum absolute atomic E-state index is 13.3. The van der Waals surface area contributed by atoms with Gasteiger partial charge < -0.3 is 15.8 Å². The Hall–Kier alpha value is -1.62. The highest BCUT2D eigenvalue weighted by atomic mass is 19.1. The highest BCUT2D eigenvalue weighted by Gasteiger charge is 2.15. The smallest absolute Gasteiger partial charge is 0.260 e. The summed E-state index contributed by atoms with van der Waals surface area (Å²) in [7, 11) is 0. The summed E-state index contributed by atoms with van der Waals surface area (Å²) in [5.41, 5.74) is 6.09. The molecule has 106 valence electrons. The molecule has 0 fully saturated rings. The lowest BCUT2D eigenvalue weighted by Gasteiger charge is -2.16. The number of rotatable bonds is 6. The molecule has 0 saturated heterocycles. The fourth-order valence-corrected chi connectivity index (χ4v) is 1.51. The van der Waals surface area contributed by atoms with Gasteiger partial charge in [0.2, 0.25) is 0 Å². The predicted molar refractivity (Wildman–Crippen MR) is 72.2 cm³/mol. The molecule has 3 N–H and O–H groups in total. The van der Waals surface area contributed by atoms with Crippen molar-refractivity contribution < 1.29 is 13.9 Å². The molecule has 1 rings (SSSR count). The number of ether oxygens (including phenoxy) is 1. The molecule has 0 saturated carbocycles. The van der Waals surface area contributed by atoms with Gasteiger partial charge in [0.1, 0.15) is 11.6 Å². The van der Waals surface area contributed by atoms with Crippen molar-refractivity contribution in [1.82, 2.24) is 5.32 Å². The first-order valence-electron chi connectivity index (χ1n) is 6.36. The van der Waals surface area contributed by atoms with Gasteiger partial charge >= 0.3 is 0 Å². The second-order valence-electron chi connectivity index (χ2n) is 4.90. The first-order valence-corrected chi connectivity index (χ1v) is 6.36. The summed E-state index contributed by atoms with van der Waals surface area (Å²) in [5.74, 6) is 0.0433. The second-order valence-corrected chi connectivity index (χ2v) is 4.90. The third kappa shape index (κ3) is 5.26. The van der Waals surface area contributed by atoms with Crippen LogP contribution in [0.2, 0.25) is 0 Å². The summed E-state index contributed by atoms with van der Waals surface area (Å²) in [5, 5.41) is 2.76. The van der Waals surface area contributed by atoms with Gasteiger partial charge in [-0.15, -0.1) is 0 Å². The fraction of sp³-hybridized carbons (Fsp3) is 0.500. The molecule has 1 unspecified atom stereocenters. The van der Waals surface area contributed by atoms with Gasteiger partial charge in [-0.05, 0) is 30.5 Å². The predicted octanol–water partition coefficient (Wildman–Crippen LogP) is 1.82. The number of carbonyl (C=O) groups excluding carboxylic acids is 1. The van der Waals surface area contributed by atoms with E-state index in [1.807, 2.05) is 13.8 Å². The molecule has 1 aromatic rings. The van der Waals surface area contributed by atoms with Crippen LogP contribution in [0, 0.1) is 11.7 Å². The van der Waals surface area contributed by atoms with Crippen LogP contribution in [0.15, 0.2) is 18.2 Å². The van der Waals surface area contributed by atoms with E-state index in [1.165, 1.54) is 12.1 Å². The molecule has 1 amide bonds. The average Bonchev–Trinajstić information content (AvgIpc) is 2.34. The van der Waals surface area contributed by atoms with Crippen LogP contribution in [0.3, 0.4) is 0 Å². The zero-order valence-electron chi connectivity index (χ0n) is 11.6. The summed E-state index contributed by atoms with van der Waals surface area (Å²) in [6.45, 7) is 6.45. The zero-order chi connectivity index (χ0) is 14.4. The lowest BCUT2D eigenvalue weighted by atomic mass is 10.2. The summed E-state index contributed by atoms with van der Waals surface area (Å²) in [6.07, 6.45) is -0.675. The lowest BCUT2D eigenvalue weighted by Crippen LogP contribution is -2.38. The average molecular weight is 268 g/mol. The van der Waals surface area contributed by atoms with E-state index in [0.717, 1.165) is 0 Å². The minimum Gasteiger partial charge on any atom is -0.481 e. The van der Waals surface area contributed by atoms with Crippen molar-refractivity contribution in [3.05, 3.63) is 29.6 Å². The first-order chi connectivity index (χ1) is 8.92. The van der Waals surface area contributed by atoms with E-state index in [1.54, 1.807) is 13.0 Å². The van der Waals surface area contributed by atoms with Crippen LogP contribution in [0.25, 0.3) is 0 Å². The summed E-state index contributed by atoms with van der Waals surface area (Å²) in [4.78, 5) is 11.7. The van der Waals surface area contributed by atoms with E-state index in [-0.39, 0.29) is 12.5 Å². The third-order valence-corrected chi connectivity index (χ3v) is 2.53. The molecule has 4 nitrogen and oxygen atoms in total. The summed E-state index contributed by atoms with van der Waals surface area (Å²) >= 11 is 0.